The number of methoxy groups -OCH3 is 1. The Morgan fingerprint density at radius 3 is 2.63 bits per heavy atom. The van der Waals surface area contributed by atoms with Gasteiger partial charge in [-0.3, -0.25) is 4.79 Å². The van der Waals surface area contributed by atoms with Gasteiger partial charge in [-0.25, -0.2) is 9.18 Å². The minimum atomic E-state index is -0.731. The number of amides is 1. The largest absolute Gasteiger partial charge is 0.467 e. The van der Waals surface area contributed by atoms with Gasteiger partial charge in [-0.2, -0.15) is 0 Å². The van der Waals surface area contributed by atoms with Gasteiger partial charge >= 0.3 is 5.97 Å². The van der Waals surface area contributed by atoms with Crippen molar-refractivity contribution in [2.45, 2.75) is 26.3 Å². The molecule has 4 nitrogen and oxygen atoms in total. The Balaban J connectivity index is 2.84. The molecule has 1 rings (SSSR count). The van der Waals surface area contributed by atoms with Gasteiger partial charge in [0.15, 0.2) is 0 Å². The Bertz CT molecular complexity index is 462. The summed E-state index contributed by atoms with van der Waals surface area (Å²) in [6.07, 6.45) is 0.712. The molecule has 0 fully saturated rings. The van der Waals surface area contributed by atoms with E-state index >= 15 is 0 Å². The zero-order valence-electron chi connectivity index (χ0n) is 11.3. The topological polar surface area (TPSA) is 55.4 Å². The quantitative estimate of drug-likeness (QED) is 0.832. The fraction of sp³-hybridized carbons (Fsp3) is 0.429. The summed E-state index contributed by atoms with van der Waals surface area (Å²) in [5.41, 5.74) is 0.178. The lowest BCUT2D eigenvalue weighted by molar-refractivity contribution is -0.144. The van der Waals surface area contributed by atoms with Crippen LogP contribution in [0.2, 0.25) is 0 Å². The number of carbonyl (C=O) groups excluding carboxylic acids is 2. The lowest BCUT2D eigenvalue weighted by Crippen LogP contribution is -2.45. The van der Waals surface area contributed by atoms with E-state index < -0.39 is 23.7 Å². The molecule has 0 saturated heterocycles. The molecule has 0 unspecified atom stereocenters. The van der Waals surface area contributed by atoms with Crippen molar-refractivity contribution in [3.05, 3.63) is 35.6 Å². The molecule has 0 saturated carbocycles. The van der Waals surface area contributed by atoms with Gasteiger partial charge in [0.1, 0.15) is 11.9 Å². The van der Waals surface area contributed by atoms with Crippen molar-refractivity contribution >= 4 is 11.9 Å². The predicted molar refractivity (Wildman–Crippen MR) is 69.1 cm³/mol. The average Bonchev–Trinajstić information content (AvgIpc) is 2.42. The number of esters is 1. The summed E-state index contributed by atoms with van der Waals surface area (Å²) in [7, 11) is 1.27. The summed E-state index contributed by atoms with van der Waals surface area (Å²) in [4.78, 5) is 23.6. The molecular formula is C14H18FNO3. The zero-order valence-corrected chi connectivity index (χ0v) is 11.3. The van der Waals surface area contributed by atoms with Crippen molar-refractivity contribution in [1.29, 1.82) is 0 Å². The van der Waals surface area contributed by atoms with Gasteiger partial charge in [0.2, 0.25) is 0 Å². The third-order valence-corrected chi connectivity index (χ3v) is 3.04. The van der Waals surface area contributed by atoms with Gasteiger partial charge < -0.3 is 10.1 Å². The van der Waals surface area contributed by atoms with Crippen LogP contribution in [-0.4, -0.2) is 25.0 Å². The summed E-state index contributed by atoms with van der Waals surface area (Å²) < 4.78 is 17.7. The lowest BCUT2D eigenvalue weighted by atomic mass is 9.99. The molecule has 1 aromatic carbocycles. The van der Waals surface area contributed by atoms with E-state index in [-0.39, 0.29) is 11.5 Å². The molecule has 0 radical (unpaired) electrons. The van der Waals surface area contributed by atoms with Crippen LogP contribution >= 0.6 is 0 Å². The molecule has 0 spiro atoms. The minimum Gasteiger partial charge on any atom is -0.467 e. The monoisotopic (exact) mass is 267 g/mol. The van der Waals surface area contributed by atoms with Crippen LogP contribution in [0.15, 0.2) is 24.3 Å². The molecule has 19 heavy (non-hydrogen) atoms. The number of benzene rings is 1. The molecule has 0 aromatic heterocycles. The SMILES string of the molecule is CC[C@@H](C)[C@H](NC(=O)c1cccc(F)c1)C(=O)OC. The first-order valence-electron chi connectivity index (χ1n) is 6.13. The molecule has 2 atom stereocenters. The second-order valence-corrected chi connectivity index (χ2v) is 4.37. The van der Waals surface area contributed by atoms with E-state index in [0.717, 1.165) is 6.07 Å². The van der Waals surface area contributed by atoms with E-state index in [1.165, 1.54) is 25.3 Å². The highest BCUT2D eigenvalue weighted by Crippen LogP contribution is 2.11. The molecule has 1 N–H and O–H groups in total. The van der Waals surface area contributed by atoms with E-state index in [0.29, 0.717) is 6.42 Å². The number of hydrogen-bond donors (Lipinski definition) is 1. The highest BCUT2D eigenvalue weighted by atomic mass is 19.1. The van der Waals surface area contributed by atoms with Crippen LogP contribution in [-0.2, 0) is 9.53 Å². The van der Waals surface area contributed by atoms with Gasteiger partial charge in [-0.1, -0.05) is 26.3 Å². The van der Waals surface area contributed by atoms with Crippen molar-refractivity contribution < 1.29 is 18.7 Å². The third kappa shape index (κ3) is 4.05. The van der Waals surface area contributed by atoms with Gasteiger partial charge in [0.05, 0.1) is 7.11 Å². The Morgan fingerprint density at radius 2 is 2.11 bits per heavy atom. The third-order valence-electron chi connectivity index (χ3n) is 3.04. The van der Waals surface area contributed by atoms with Crippen LogP contribution in [0.25, 0.3) is 0 Å². The second-order valence-electron chi connectivity index (χ2n) is 4.37. The number of carbonyl (C=O) groups is 2. The molecule has 1 aromatic rings. The summed E-state index contributed by atoms with van der Waals surface area (Å²) >= 11 is 0. The Labute approximate surface area is 112 Å². The fourth-order valence-electron chi connectivity index (χ4n) is 1.65. The number of ether oxygens (including phenoxy) is 1. The first kappa shape index (κ1) is 15.1. The molecular weight excluding hydrogens is 249 g/mol. The highest BCUT2D eigenvalue weighted by molar-refractivity contribution is 5.96. The molecule has 0 bridgehead atoms. The molecule has 1 amide bonds. The number of halogens is 1. The first-order valence-corrected chi connectivity index (χ1v) is 6.13. The Hall–Kier alpha value is -1.91. The summed E-state index contributed by atoms with van der Waals surface area (Å²) in [5.74, 6) is -1.55. The maximum atomic E-state index is 13.0. The van der Waals surface area contributed by atoms with Crippen molar-refractivity contribution in [2.75, 3.05) is 7.11 Å². The maximum absolute atomic E-state index is 13.0. The number of nitrogens with one attached hydrogen (secondary N) is 1. The molecule has 104 valence electrons. The van der Waals surface area contributed by atoms with E-state index in [4.69, 9.17) is 0 Å². The van der Waals surface area contributed by atoms with Gasteiger partial charge in [-0.05, 0) is 24.1 Å². The van der Waals surface area contributed by atoms with Crippen LogP contribution in [0.1, 0.15) is 30.6 Å². The van der Waals surface area contributed by atoms with Crippen molar-refractivity contribution in [1.82, 2.24) is 5.32 Å². The minimum absolute atomic E-state index is 0.0649. The standard InChI is InChI=1S/C14H18FNO3/c1-4-9(2)12(14(18)19-3)16-13(17)10-6-5-7-11(15)8-10/h5-9,12H,4H2,1-3H3,(H,16,17)/t9-,12+/m1/s1. The van der Waals surface area contributed by atoms with Crippen molar-refractivity contribution in [3.63, 3.8) is 0 Å². The normalized spacial score (nSPS) is 13.5. The predicted octanol–water partition coefficient (Wildman–Crippen LogP) is 2.14. The highest BCUT2D eigenvalue weighted by Gasteiger charge is 2.27. The Morgan fingerprint density at radius 1 is 1.42 bits per heavy atom. The van der Waals surface area contributed by atoms with E-state index in [1.807, 2.05) is 13.8 Å². The molecule has 5 heteroatoms. The summed E-state index contributed by atoms with van der Waals surface area (Å²) in [5, 5.41) is 2.58. The van der Waals surface area contributed by atoms with Crippen LogP contribution in [0.5, 0.6) is 0 Å². The van der Waals surface area contributed by atoms with Gasteiger partial charge in [0.25, 0.3) is 5.91 Å². The first-order chi connectivity index (χ1) is 8.99. The number of rotatable bonds is 5. The summed E-state index contributed by atoms with van der Waals surface area (Å²) in [6.45, 7) is 3.75. The average molecular weight is 267 g/mol. The van der Waals surface area contributed by atoms with E-state index in [9.17, 15) is 14.0 Å². The Kier molecular flexibility index (Phi) is 5.48. The van der Waals surface area contributed by atoms with Gasteiger partial charge in [0, 0.05) is 5.56 Å². The van der Waals surface area contributed by atoms with Crippen molar-refractivity contribution in [2.24, 2.45) is 5.92 Å². The molecule has 0 heterocycles. The summed E-state index contributed by atoms with van der Waals surface area (Å²) in [6, 6.07) is 4.58. The lowest BCUT2D eigenvalue weighted by Gasteiger charge is -2.21. The van der Waals surface area contributed by atoms with Crippen LogP contribution in [0, 0.1) is 11.7 Å². The zero-order chi connectivity index (χ0) is 14.4. The van der Waals surface area contributed by atoms with E-state index in [1.54, 1.807) is 0 Å². The maximum Gasteiger partial charge on any atom is 0.328 e. The molecule has 0 aliphatic rings. The van der Waals surface area contributed by atoms with E-state index in [2.05, 4.69) is 10.1 Å². The second kappa shape index (κ2) is 6.87. The smallest absolute Gasteiger partial charge is 0.328 e. The van der Waals surface area contributed by atoms with Crippen LogP contribution < -0.4 is 5.32 Å². The fourth-order valence-corrected chi connectivity index (χ4v) is 1.65. The molecule has 0 aliphatic heterocycles. The molecule has 0 aliphatic carbocycles. The van der Waals surface area contributed by atoms with Crippen LogP contribution in [0.4, 0.5) is 4.39 Å². The van der Waals surface area contributed by atoms with Crippen LogP contribution in [0.3, 0.4) is 0 Å². The van der Waals surface area contributed by atoms with Gasteiger partial charge in [-0.15, -0.1) is 0 Å². The van der Waals surface area contributed by atoms with Crippen molar-refractivity contribution in [3.8, 4) is 0 Å². The number of hydrogen-bond acceptors (Lipinski definition) is 3.